The summed E-state index contributed by atoms with van der Waals surface area (Å²) in [5.74, 6) is -0.684. The highest BCUT2D eigenvalue weighted by Crippen LogP contribution is 2.77. The van der Waals surface area contributed by atoms with Crippen molar-refractivity contribution >= 4 is 92.8 Å². The van der Waals surface area contributed by atoms with Crippen molar-refractivity contribution in [2.75, 3.05) is 0 Å². The third-order valence-electron chi connectivity index (χ3n) is 4.25. The summed E-state index contributed by atoms with van der Waals surface area (Å²) in [6.07, 6.45) is 1.58. The largest absolute Gasteiger partial charge is 0.165 e. The SMILES string of the molecule is ClC1=C[C@@]2(Cl)[C@H]3[C@H](Cl)[C@@H](Cl)[C@H](Cl)[C@H]3[C@]1(Cl)C2(Cl)Cl. The molecule has 2 fully saturated rings. The Morgan fingerprint density at radius 1 is 0.833 bits per heavy atom. The Morgan fingerprint density at radius 2 is 1.33 bits per heavy atom. The summed E-state index contributed by atoms with van der Waals surface area (Å²) in [7, 11) is 0. The summed E-state index contributed by atoms with van der Waals surface area (Å²) >= 11 is 51.0. The van der Waals surface area contributed by atoms with Gasteiger partial charge in [0.25, 0.3) is 0 Å². The van der Waals surface area contributed by atoms with Crippen LogP contribution in [0.3, 0.4) is 0 Å². The monoisotopic (exact) mass is 406 g/mol. The lowest BCUT2D eigenvalue weighted by atomic mass is 9.84. The van der Waals surface area contributed by atoms with Crippen LogP contribution >= 0.6 is 92.8 Å². The second-order valence-corrected chi connectivity index (χ2v) is 9.40. The van der Waals surface area contributed by atoms with E-state index in [4.69, 9.17) is 92.8 Å². The number of alkyl halides is 7. The summed E-state index contributed by atoms with van der Waals surface area (Å²) in [5.41, 5.74) is 0. The average molecular weight is 410 g/mol. The Hall–Kier alpha value is 2.06. The molecule has 0 spiro atoms. The van der Waals surface area contributed by atoms with E-state index >= 15 is 0 Å². The summed E-state index contributed by atoms with van der Waals surface area (Å²) in [6.45, 7) is 0. The Balaban J connectivity index is 2.24. The minimum absolute atomic E-state index is 0.311. The van der Waals surface area contributed by atoms with Crippen LogP contribution in [0.5, 0.6) is 0 Å². The molecule has 0 aromatic heterocycles. The molecule has 3 aliphatic carbocycles. The molecule has 0 N–H and O–H groups in total. The molecule has 0 heterocycles. The molecule has 0 aliphatic heterocycles. The lowest BCUT2D eigenvalue weighted by Gasteiger charge is -2.35. The zero-order valence-corrected chi connectivity index (χ0v) is 14.5. The van der Waals surface area contributed by atoms with Gasteiger partial charge in [0, 0.05) is 16.9 Å². The van der Waals surface area contributed by atoms with E-state index in [0.717, 1.165) is 0 Å². The summed E-state index contributed by atoms with van der Waals surface area (Å²) < 4.78 is -1.47. The van der Waals surface area contributed by atoms with Crippen molar-refractivity contribution in [1.82, 2.24) is 0 Å². The Bertz CT molecular complexity index is 447. The molecule has 0 unspecified atom stereocenters. The van der Waals surface area contributed by atoms with Gasteiger partial charge in [-0.15, -0.1) is 58.0 Å². The molecule has 0 aromatic carbocycles. The normalized spacial score (nSPS) is 60.9. The van der Waals surface area contributed by atoms with Gasteiger partial charge in [-0.2, -0.15) is 0 Å². The minimum Gasteiger partial charge on any atom is -0.121 e. The van der Waals surface area contributed by atoms with Crippen molar-refractivity contribution < 1.29 is 0 Å². The van der Waals surface area contributed by atoms with Crippen LogP contribution < -0.4 is 0 Å². The highest BCUT2D eigenvalue weighted by Gasteiger charge is 2.83. The summed E-state index contributed by atoms with van der Waals surface area (Å²) in [5, 5.41) is -1.10. The molecular formula is C10H6Cl8. The molecule has 0 aromatic rings. The van der Waals surface area contributed by atoms with Gasteiger partial charge in [-0.25, -0.2) is 0 Å². The predicted octanol–water partition coefficient (Wildman–Crippen LogP) is 5.33. The van der Waals surface area contributed by atoms with Crippen LogP contribution in [-0.4, -0.2) is 30.2 Å². The third-order valence-corrected chi connectivity index (χ3v) is 9.63. The summed E-state index contributed by atoms with van der Waals surface area (Å²) in [6, 6.07) is 0. The Labute approximate surface area is 145 Å². The molecule has 18 heavy (non-hydrogen) atoms. The maximum absolute atomic E-state index is 6.60. The molecular weight excluding hydrogens is 404 g/mol. The zero-order valence-electron chi connectivity index (χ0n) is 8.49. The number of rotatable bonds is 0. The van der Waals surface area contributed by atoms with Crippen molar-refractivity contribution in [2.24, 2.45) is 11.8 Å². The molecule has 3 rings (SSSR count). The first-order chi connectivity index (χ1) is 8.10. The minimum atomic E-state index is -1.47. The fraction of sp³-hybridized carbons (Fsp3) is 0.800. The lowest BCUT2D eigenvalue weighted by molar-refractivity contribution is 0.392. The van der Waals surface area contributed by atoms with Gasteiger partial charge in [0.2, 0.25) is 0 Å². The van der Waals surface area contributed by atoms with Gasteiger partial charge in [0.15, 0.2) is 4.33 Å². The topological polar surface area (TPSA) is 0 Å². The maximum atomic E-state index is 6.60. The van der Waals surface area contributed by atoms with Crippen LogP contribution in [0.2, 0.25) is 0 Å². The van der Waals surface area contributed by atoms with Gasteiger partial charge in [-0.05, 0) is 6.08 Å². The third kappa shape index (κ3) is 1.32. The molecule has 0 saturated heterocycles. The quantitative estimate of drug-likeness (QED) is 0.474. The van der Waals surface area contributed by atoms with Gasteiger partial charge < -0.3 is 0 Å². The molecule has 3 aliphatic rings. The number of halogens is 8. The van der Waals surface area contributed by atoms with Gasteiger partial charge in [0.05, 0.1) is 16.1 Å². The first kappa shape index (κ1) is 15.0. The first-order valence-electron chi connectivity index (χ1n) is 5.17. The first-order valence-corrected chi connectivity index (χ1v) is 8.37. The lowest BCUT2D eigenvalue weighted by Crippen LogP contribution is -2.47. The van der Waals surface area contributed by atoms with Crippen LogP contribution in [0.25, 0.3) is 0 Å². The van der Waals surface area contributed by atoms with E-state index in [-0.39, 0.29) is 11.8 Å². The fourth-order valence-electron chi connectivity index (χ4n) is 3.41. The van der Waals surface area contributed by atoms with Crippen molar-refractivity contribution in [3.05, 3.63) is 11.1 Å². The molecule has 102 valence electrons. The van der Waals surface area contributed by atoms with E-state index in [1.54, 1.807) is 6.08 Å². The fourth-order valence-corrected chi connectivity index (χ4v) is 7.41. The maximum Gasteiger partial charge on any atom is 0.165 e. The van der Waals surface area contributed by atoms with Crippen molar-refractivity contribution in [1.29, 1.82) is 0 Å². The number of hydrogen-bond acceptors (Lipinski definition) is 0. The number of hydrogen-bond donors (Lipinski definition) is 0. The second kappa shape index (κ2) is 4.07. The highest BCUT2D eigenvalue weighted by atomic mass is 35.5. The van der Waals surface area contributed by atoms with Crippen LogP contribution in [0.4, 0.5) is 0 Å². The number of allylic oxidation sites excluding steroid dienone is 2. The molecule has 0 nitrogen and oxygen atoms in total. The van der Waals surface area contributed by atoms with E-state index in [0.29, 0.717) is 5.03 Å². The molecule has 2 saturated carbocycles. The Kier molecular flexibility index (Phi) is 3.39. The molecule has 7 atom stereocenters. The van der Waals surface area contributed by atoms with Crippen molar-refractivity contribution in [3.63, 3.8) is 0 Å². The van der Waals surface area contributed by atoms with Gasteiger partial charge in [0.1, 0.15) is 9.75 Å². The molecule has 8 heteroatoms. The zero-order chi connectivity index (χ0) is 13.7. The average Bonchev–Trinajstić information content (AvgIpc) is 2.63. The van der Waals surface area contributed by atoms with Crippen molar-refractivity contribution in [3.8, 4) is 0 Å². The van der Waals surface area contributed by atoms with E-state index in [1.165, 1.54) is 0 Å². The van der Waals surface area contributed by atoms with E-state index < -0.39 is 30.2 Å². The standard InChI is InChI=1S/C10H6Cl8/c11-2-1-8(15)3-4(6(13)7(14)5(3)12)9(2,16)10(8,17)18/h1,3-7H/t3-,4+,5+,6-,7-,8-,9+/m1/s1. The highest BCUT2D eigenvalue weighted by molar-refractivity contribution is 6.63. The van der Waals surface area contributed by atoms with Gasteiger partial charge >= 0.3 is 0 Å². The van der Waals surface area contributed by atoms with Crippen LogP contribution in [-0.2, 0) is 0 Å². The Morgan fingerprint density at radius 3 is 1.89 bits per heavy atom. The molecule has 0 amide bonds. The second-order valence-electron chi connectivity index (χ2n) is 4.93. The summed E-state index contributed by atoms with van der Waals surface area (Å²) in [4.78, 5) is -2.39. The van der Waals surface area contributed by atoms with Gasteiger partial charge in [-0.3, -0.25) is 0 Å². The van der Waals surface area contributed by atoms with Crippen LogP contribution in [0.1, 0.15) is 0 Å². The van der Waals surface area contributed by atoms with Crippen molar-refractivity contribution in [2.45, 2.75) is 30.2 Å². The number of fused-ring (bicyclic) bond motifs is 5. The van der Waals surface area contributed by atoms with Crippen LogP contribution in [0, 0.1) is 11.8 Å². The van der Waals surface area contributed by atoms with E-state index in [2.05, 4.69) is 0 Å². The predicted molar refractivity (Wildman–Crippen MR) is 81.4 cm³/mol. The van der Waals surface area contributed by atoms with Gasteiger partial charge in [-0.1, -0.05) is 34.8 Å². The molecule has 0 radical (unpaired) electrons. The van der Waals surface area contributed by atoms with E-state index in [1.807, 2.05) is 0 Å². The smallest absolute Gasteiger partial charge is 0.121 e. The van der Waals surface area contributed by atoms with Crippen LogP contribution in [0.15, 0.2) is 11.1 Å². The molecule has 2 bridgehead atoms. The van der Waals surface area contributed by atoms with E-state index in [9.17, 15) is 0 Å².